The van der Waals surface area contributed by atoms with Crippen LogP contribution in [0.15, 0.2) is 65.2 Å². The molecule has 1 aliphatic rings. The maximum absolute atomic E-state index is 15.4. The van der Waals surface area contributed by atoms with Crippen LogP contribution >= 0.6 is 0 Å². The van der Waals surface area contributed by atoms with Crippen LogP contribution in [0.5, 0.6) is 0 Å². The molecule has 3 aromatic carbocycles. The molecular weight excluding hydrogens is 409 g/mol. The van der Waals surface area contributed by atoms with E-state index >= 15 is 4.39 Å². The van der Waals surface area contributed by atoms with E-state index in [9.17, 15) is 0 Å². The van der Waals surface area contributed by atoms with Gasteiger partial charge >= 0.3 is 0 Å². The summed E-state index contributed by atoms with van der Waals surface area (Å²) in [5.41, 5.74) is 10.2. The number of aromatic nitrogens is 1. The van der Waals surface area contributed by atoms with E-state index in [2.05, 4.69) is 48.7 Å². The highest BCUT2D eigenvalue weighted by molar-refractivity contribution is 6.13. The average Bonchev–Trinajstić information content (AvgIpc) is 3.18. The van der Waals surface area contributed by atoms with Crippen LogP contribution in [-0.2, 0) is 19.9 Å². The molecule has 164 valence electrons. The summed E-state index contributed by atoms with van der Waals surface area (Å²) in [6.45, 7) is 4.25. The van der Waals surface area contributed by atoms with Crippen molar-refractivity contribution >= 4 is 21.9 Å². The molecule has 0 unspecified atom stereocenters. The van der Waals surface area contributed by atoms with Crippen LogP contribution in [0.1, 0.15) is 35.1 Å². The number of hydrogen-bond acceptors (Lipinski definition) is 1. The van der Waals surface area contributed by atoms with Gasteiger partial charge in [0, 0.05) is 22.9 Å². The summed E-state index contributed by atoms with van der Waals surface area (Å²) in [6, 6.07) is 18.2. The highest BCUT2D eigenvalue weighted by Crippen LogP contribution is 2.42. The van der Waals surface area contributed by atoms with Crippen LogP contribution in [0.25, 0.3) is 44.3 Å². The third-order valence-electron chi connectivity index (χ3n) is 7.26. The van der Waals surface area contributed by atoms with Crippen molar-refractivity contribution in [1.29, 1.82) is 0 Å². The van der Waals surface area contributed by atoms with Crippen molar-refractivity contribution in [2.75, 3.05) is 0 Å². The number of halogens is 1. The van der Waals surface area contributed by atoms with Gasteiger partial charge in [-0.2, -0.15) is 0 Å². The predicted molar refractivity (Wildman–Crippen MR) is 132 cm³/mol. The van der Waals surface area contributed by atoms with Gasteiger partial charge in [-0.25, -0.2) is 8.96 Å². The van der Waals surface area contributed by atoms with Crippen molar-refractivity contribution < 1.29 is 13.4 Å². The Morgan fingerprint density at radius 3 is 2.39 bits per heavy atom. The van der Waals surface area contributed by atoms with Crippen molar-refractivity contribution in [3.63, 3.8) is 0 Å². The maximum atomic E-state index is 15.4. The smallest absolute Gasteiger partial charge is 0.216 e. The Morgan fingerprint density at radius 1 is 0.818 bits per heavy atom. The summed E-state index contributed by atoms with van der Waals surface area (Å²) in [4.78, 5) is 0. The fraction of sp³-hybridized carbons (Fsp3) is 0.233. The Bertz CT molecular complexity index is 1560. The minimum absolute atomic E-state index is 0.236. The molecule has 0 aliphatic heterocycles. The molecule has 0 N–H and O–H groups in total. The Hall–Kier alpha value is -3.46. The first-order valence-corrected chi connectivity index (χ1v) is 11.7. The Kier molecular flexibility index (Phi) is 4.62. The normalized spacial score (nSPS) is 13.6. The lowest BCUT2D eigenvalue weighted by atomic mass is 9.85. The number of furan rings is 1. The molecular formula is C30H27FNO+. The van der Waals surface area contributed by atoms with Gasteiger partial charge in [0.05, 0.1) is 11.1 Å². The standard InChI is InChI=1S/C30H27FNO/c1-18-11-12-23-24-13-14-25(31)28(21-16-19(2)22-9-5-4-8-20(22)17-21)30(24)33-29(23)27(18)26-10-6-7-15-32(26)3/h6-7,10-17H,4-5,8-9H2,1-3H3/q+1. The van der Waals surface area contributed by atoms with Gasteiger partial charge in [0.2, 0.25) is 5.69 Å². The lowest BCUT2D eigenvalue weighted by Gasteiger charge is -2.20. The van der Waals surface area contributed by atoms with E-state index in [-0.39, 0.29) is 5.82 Å². The Morgan fingerprint density at radius 2 is 1.58 bits per heavy atom. The van der Waals surface area contributed by atoms with E-state index in [0.29, 0.717) is 11.1 Å². The lowest BCUT2D eigenvalue weighted by molar-refractivity contribution is -0.660. The van der Waals surface area contributed by atoms with E-state index in [1.54, 1.807) is 6.07 Å². The second-order valence-electron chi connectivity index (χ2n) is 9.37. The zero-order valence-electron chi connectivity index (χ0n) is 19.3. The van der Waals surface area contributed by atoms with Gasteiger partial charge in [-0.05, 0) is 85.5 Å². The minimum Gasteiger partial charge on any atom is -0.454 e. The van der Waals surface area contributed by atoms with Crippen LogP contribution in [0.2, 0.25) is 0 Å². The number of aryl methyl sites for hydroxylation is 4. The number of rotatable bonds is 2. The fourth-order valence-electron chi connectivity index (χ4n) is 5.58. The molecule has 5 aromatic rings. The van der Waals surface area contributed by atoms with Crippen LogP contribution in [0.4, 0.5) is 4.39 Å². The van der Waals surface area contributed by atoms with Gasteiger partial charge in [-0.3, -0.25) is 0 Å². The van der Waals surface area contributed by atoms with Gasteiger partial charge in [-0.15, -0.1) is 0 Å². The van der Waals surface area contributed by atoms with Crippen molar-refractivity contribution in [2.45, 2.75) is 39.5 Å². The molecule has 0 bridgehead atoms. The molecule has 2 heterocycles. The summed E-state index contributed by atoms with van der Waals surface area (Å²) in [5, 5.41) is 1.97. The molecule has 2 aromatic heterocycles. The topological polar surface area (TPSA) is 17.0 Å². The predicted octanol–water partition coefficient (Wildman–Crippen LogP) is 7.38. The van der Waals surface area contributed by atoms with Gasteiger partial charge in [0.1, 0.15) is 24.0 Å². The molecule has 0 fully saturated rings. The summed E-state index contributed by atoms with van der Waals surface area (Å²) >= 11 is 0. The average molecular weight is 437 g/mol. The zero-order valence-corrected chi connectivity index (χ0v) is 19.3. The number of pyridine rings is 1. The fourth-order valence-corrected chi connectivity index (χ4v) is 5.58. The van der Waals surface area contributed by atoms with Crippen molar-refractivity contribution in [1.82, 2.24) is 0 Å². The summed E-state index contributed by atoms with van der Waals surface area (Å²) in [6.07, 6.45) is 6.66. The van der Waals surface area contributed by atoms with Crippen LogP contribution < -0.4 is 4.57 Å². The van der Waals surface area contributed by atoms with E-state index in [0.717, 1.165) is 51.6 Å². The first-order chi connectivity index (χ1) is 16.0. The SMILES string of the molecule is Cc1cc(-c2c(F)ccc3c2oc2c(-c4cccc[n+]4C)c(C)ccc23)cc2c1CCCC2. The molecule has 1 aliphatic carbocycles. The molecule has 0 saturated carbocycles. The lowest BCUT2D eigenvalue weighted by Crippen LogP contribution is -2.30. The number of fused-ring (bicyclic) bond motifs is 4. The van der Waals surface area contributed by atoms with E-state index < -0.39 is 0 Å². The van der Waals surface area contributed by atoms with Crippen LogP contribution in [0, 0.1) is 19.7 Å². The van der Waals surface area contributed by atoms with E-state index in [1.807, 2.05) is 31.4 Å². The van der Waals surface area contributed by atoms with E-state index in [4.69, 9.17) is 4.42 Å². The number of benzene rings is 3. The second-order valence-corrected chi connectivity index (χ2v) is 9.37. The number of hydrogen-bond donors (Lipinski definition) is 0. The molecule has 0 saturated heterocycles. The highest BCUT2D eigenvalue weighted by Gasteiger charge is 2.24. The number of nitrogens with zero attached hydrogens (tertiary/aromatic N) is 1. The Labute approximate surface area is 193 Å². The van der Waals surface area contributed by atoms with Gasteiger partial charge in [0.25, 0.3) is 0 Å². The molecule has 0 amide bonds. The first-order valence-electron chi connectivity index (χ1n) is 11.7. The molecule has 6 rings (SSSR count). The van der Waals surface area contributed by atoms with Crippen LogP contribution in [0.3, 0.4) is 0 Å². The highest BCUT2D eigenvalue weighted by atomic mass is 19.1. The minimum atomic E-state index is -0.236. The quantitative estimate of drug-likeness (QED) is 0.264. The summed E-state index contributed by atoms with van der Waals surface area (Å²) in [7, 11) is 2.04. The largest absolute Gasteiger partial charge is 0.454 e. The van der Waals surface area contributed by atoms with Crippen molar-refractivity contribution in [2.24, 2.45) is 7.05 Å². The van der Waals surface area contributed by atoms with Gasteiger partial charge in [-0.1, -0.05) is 24.3 Å². The molecule has 3 heteroatoms. The first kappa shape index (κ1) is 20.2. The molecule has 2 nitrogen and oxygen atoms in total. The molecule has 0 atom stereocenters. The van der Waals surface area contributed by atoms with Gasteiger partial charge < -0.3 is 4.42 Å². The van der Waals surface area contributed by atoms with E-state index in [1.165, 1.54) is 29.5 Å². The monoisotopic (exact) mass is 436 g/mol. The second kappa shape index (κ2) is 7.55. The zero-order chi connectivity index (χ0) is 22.7. The third kappa shape index (κ3) is 3.10. The molecule has 0 spiro atoms. The van der Waals surface area contributed by atoms with Crippen molar-refractivity contribution in [3.8, 4) is 22.4 Å². The molecule has 0 radical (unpaired) electrons. The van der Waals surface area contributed by atoms with Crippen molar-refractivity contribution in [3.05, 3.63) is 88.9 Å². The van der Waals surface area contributed by atoms with Crippen LogP contribution in [-0.4, -0.2) is 0 Å². The molecule has 33 heavy (non-hydrogen) atoms. The maximum Gasteiger partial charge on any atom is 0.216 e. The third-order valence-corrected chi connectivity index (χ3v) is 7.26. The summed E-state index contributed by atoms with van der Waals surface area (Å²) < 4.78 is 24.1. The van der Waals surface area contributed by atoms with Gasteiger partial charge in [0.15, 0.2) is 6.20 Å². The Balaban J connectivity index is 1.67. The summed E-state index contributed by atoms with van der Waals surface area (Å²) in [5.74, 6) is -0.236.